The van der Waals surface area contributed by atoms with Gasteiger partial charge < -0.3 is 10.1 Å². The van der Waals surface area contributed by atoms with Gasteiger partial charge in [0.05, 0.1) is 11.1 Å². The van der Waals surface area contributed by atoms with Crippen LogP contribution in [-0.4, -0.2) is 29.5 Å². The maximum absolute atomic E-state index is 5.61. The highest BCUT2D eigenvalue weighted by Gasteiger charge is 2.20. The maximum Gasteiger partial charge on any atom is 0.0960 e. The van der Waals surface area contributed by atoms with Gasteiger partial charge in [-0.15, -0.1) is 11.8 Å². The molecule has 1 saturated carbocycles. The molecule has 1 aromatic rings. The Morgan fingerprint density at radius 1 is 1.33 bits per heavy atom. The Bertz CT molecular complexity index is 372. The number of nitrogens with one attached hydrogen (secondary N) is 1. The molecule has 2 aliphatic rings. The highest BCUT2D eigenvalue weighted by molar-refractivity contribution is 7.99. The highest BCUT2D eigenvalue weighted by Crippen LogP contribution is 2.23. The van der Waals surface area contributed by atoms with Gasteiger partial charge in [-0.3, -0.25) is 0 Å². The van der Waals surface area contributed by atoms with Crippen molar-refractivity contribution in [2.75, 3.05) is 12.4 Å². The monoisotopic (exact) mass is 264 g/mol. The molecular weight excluding hydrogens is 244 g/mol. The van der Waals surface area contributed by atoms with Crippen LogP contribution in [0.4, 0.5) is 0 Å². The molecule has 0 amide bonds. The predicted molar refractivity (Wildman–Crippen MR) is 73.8 cm³/mol. The summed E-state index contributed by atoms with van der Waals surface area (Å²) >= 11 is 1.81. The molecule has 1 atom stereocenters. The Balaban J connectivity index is 1.44. The molecular formula is C14H20N2OS. The quantitative estimate of drug-likeness (QED) is 0.801. The molecule has 98 valence electrons. The standard InChI is InChI=1S/C14H20N2OS/c1-2-13(17-7-1)10-18-14-6-3-11(9-16-14)8-15-12-4-5-12/h3,6,9,12-13,15H,1-2,4-5,7-8,10H2. The van der Waals surface area contributed by atoms with Crippen LogP contribution in [0.15, 0.2) is 23.4 Å². The number of rotatable bonds is 6. The van der Waals surface area contributed by atoms with Crippen molar-refractivity contribution >= 4 is 11.8 Å². The first-order chi connectivity index (χ1) is 8.90. The number of hydrogen-bond acceptors (Lipinski definition) is 4. The van der Waals surface area contributed by atoms with Gasteiger partial charge in [0.25, 0.3) is 0 Å². The molecule has 2 fully saturated rings. The Morgan fingerprint density at radius 2 is 2.28 bits per heavy atom. The number of nitrogens with zero attached hydrogens (tertiary/aromatic N) is 1. The molecule has 0 radical (unpaired) electrons. The molecule has 1 saturated heterocycles. The van der Waals surface area contributed by atoms with Crippen molar-refractivity contribution in [3.8, 4) is 0 Å². The lowest BCUT2D eigenvalue weighted by Gasteiger charge is -2.08. The third kappa shape index (κ3) is 3.70. The summed E-state index contributed by atoms with van der Waals surface area (Å²) in [6, 6.07) is 5.07. The van der Waals surface area contributed by atoms with Crippen molar-refractivity contribution in [2.24, 2.45) is 0 Å². The van der Waals surface area contributed by atoms with Gasteiger partial charge in [0.15, 0.2) is 0 Å². The zero-order valence-corrected chi connectivity index (χ0v) is 11.4. The fraction of sp³-hybridized carbons (Fsp3) is 0.643. The van der Waals surface area contributed by atoms with E-state index in [2.05, 4.69) is 22.4 Å². The maximum atomic E-state index is 5.61. The lowest BCUT2D eigenvalue weighted by Crippen LogP contribution is -2.15. The smallest absolute Gasteiger partial charge is 0.0960 e. The molecule has 1 N–H and O–H groups in total. The Kier molecular flexibility index (Phi) is 4.18. The summed E-state index contributed by atoms with van der Waals surface area (Å²) in [5, 5.41) is 4.61. The molecule has 0 bridgehead atoms. The van der Waals surface area contributed by atoms with Crippen molar-refractivity contribution in [1.29, 1.82) is 0 Å². The first-order valence-electron chi connectivity index (χ1n) is 6.83. The summed E-state index contributed by atoms with van der Waals surface area (Å²) in [7, 11) is 0. The van der Waals surface area contributed by atoms with Crippen LogP contribution in [0.2, 0.25) is 0 Å². The lowest BCUT2D eigenvalue weighted by atomic mass is 10.3. The summed E-state index contributed by atoms with van der Waals surface area (Å²) in [4.78, 5) is 4.51. The van der Waals surface area contributed by atoms with Crippen LogP contribution in [0, 0.1) is 0 Å². The number of ether oxygens (including phenoxy) is 1. The second-order valence-electron chi connectivity index (χ2n) is 5.11. The molecule has 1 unspecified atom stereocenters. The molecule has 2 heterocycles. The second kappa shape index (κ2) is 6.04. The van der Waals surface area contributed by atoms with Gasteiger partial charge in [-0.2, -0.15) is 0 Å². The van der Waals surface area contributed by atoms with Gasteiger partial charge in [-0.1, -0.05) is 6.07 Å². The highest BCUT2D eigenvalue weighted by atomic mass is 32.2. The SMILES string of the molecule is c1cc(SCC2CCCO2)ncc1CNC1CC1. The van der Waals surface area contributed by atoms with Crippen molar-refractivity contribution in [1.82, 2.24) is 10.3 Å². The van der Waals surface area contributed by atoms with E-state index in [4.69, 9.17) is 4.74 Å². The van der Waals surface area contributed by atoms with Crippen LogP contribution in [0.5, 0.6) is 0 Å². The van der Waals surface area contributed by atoms with E-state index in [0.717, 1.165) is 30.0 Å². The van der Waals surface area contributed by atoms with Gasteiger partial charge in [0.2, 0.25) is 0 Å². The van der Waals surface area contributed by atoms with E-state index >= 15 is 0 Å². The largest absolute Gasteiger partial charge is 0.377 e. The molecule has 18 heavy (non-hydrogen) atoms. The molecule has 1 aliphatic heterocycles. The van der Waals surface area contributed by atoms with Crippen LogP contribution < -0.4 is 5.32 Å². The third-order valence-corrected chi connectivity index (χ3v) is 4.49. The molecule has 4 heteroatoms. The molecule has 0 spiro atoms. The van der Waals surface area contributed by atoms with Crippen LogP contribution in [-0.2, 0) is 11.3 Å². The molecule has 0 aromatic carbocycles. The van der Waals surface area contributed by atoms with Gasteiger partial charge in [0, 0.05) is 31.1 Å². The number of thioether (sulfide) groups is 1. The summed E-state index contributed by atoms with van der Waals surface area (Å²) in [5.41, 5.74) is 1.28. The van der Waals surface area contributed by atoms with Gasteiger partial charge in [0.1, 0.15) is 0 Å². The van der Waals surface area contributed by atoms with E-state index in [1.807, 2.05) is 6.20 Å². The Hall–Kier alpha value is -0.580. The van der Waals surface area contributed by atoms with E-state index in [1.54, 1.807) is 11.8 Å². The van der Waals surface area contributed by atoms with Gasteiger partial charge in [-0.05, 0) is 37.3 Å². The third-order valence-electron chi connectivity index (χ3n) is 3.41. The van der Waals surface area contributed by atoms with Crippen molar-refractivity contribution < 1.29 is 4.74 Å². The molecule has 1 aromatic heterocycles. The van der Waals surface area contributed by atoms with Crippen molar-refractivity contribution in [2.45, 2.75) is 49.4 Å². The van der Waals surface area contributed by atoms with E-state index in [-0.39, 0.29) is 0 Å². The fourth-order valence-electron chi connectivity index (χ4n) is 2.10. The predicted octanol–water partition coefficient (Wildman–Crippen LogP) is 2.60. The lowest BCUT2D eigenvalue weighted by molar-refractivity contribution is 0.129. The zero-order valence-electron chi connectivity index (χ0n) is 10.6. The van der Waals surface area contributed by atoms with E-state index in [1.165, 1.54) is 31.2 Å². The van der Waals surface area contributed by atoms with Crippen LogP contribution in [0.25, 0.3) is 0 Å². The molecule has 1 aliphatic carbocycles. The average Bonchev–Trinajstić information content (AvgIpc) is 3.09. The van der Waals surface area contributed by atoms with E-state index in [0.29, 0.717) is 6.10 Å². The van der Waals surface area contributed by atoms with Gasteiger partial charge in [-0.25, -0.2) is 4.98 Å². The topological polar surface area (TPSA) is 34.1 Å². The number of aromatic nitrogens is 1. The Morgan fingerprint density at radius 3 is 2.94 bits per heavy atom. The van der Waals surface area contributed by atoms with Crippen LogP contribution in [0.1, 0.15) is 31.2 Å². The normalized spacial score (nSPS) is 23.4. The summed E-state index contributed by atoms with van der Waals surface area (Å²) in [6.45, 7) is 1.89. The summed E-state index contributed by atoms with van der Waals surface area (Å²) in [6.07, 6.45) is 7.52. The summed E-state index contributed by atoms with van der Waals surface area (Å²) in [5.74, 6) is 1.03. The minimum Gasteiger partial charge on any atom is -0.377 e. The van der Waals surface area contributed by atoms with E-state index < -0.39 is 0 Å². The number of hydrogen-bond donors (Lipinski definition) is 1. The fourth-order valence-corrected chi connectivity index (χ4v) is 3.02. The minimum absolute atomic E-state index is 0.438. The Labute approximate surface area is 113 Å². The molecule has 3 nitrogen and oxygen atoms in total. The minimum atomic E-state index is 0.438. The van der Waals surface area contributed by atoms with Crippen molar-refractivity contribution in [3.63, 3.8) is 0 Å². The van der Waals surface area contributed by atoms with Crippen LogP contribution >= 0.6 is 11.8 Å². The second-order valence-corrected chi connectivity index (χ2v) is 6.15. The zero-order chi connectivity index (χ0) is 12.2. The van der Waals surface area contributed by atoms with E-state index in [9.17, 15) is 0 Å². The molecule has 3 rings (SSSR count). The van der Waals surface area contributed by atoms with Gasteiger partial charge >= 0.3 is 0 Å². The first kappa shape index (κ1) is 12.5. The summed E-state index contributed by atoms with van der Waals surface area (Å²) < 4.78 is 5.61. The van der Waals surface area contributed by atoms with Crippen molar-refractivity contribution in [3.05, 3.63) is 23.9 Å². The number of pyridine rings is 1. The van der Waals surface area contributed by atoms with Crippen LogP contribution in [0.3, 0.4) is 0 Å². The first-order valence-corrected chi connectivity index (χ1v) is 7.81. The average molecular weight is 264 g/mol.